The van der Waals surface area contributed by atoms with E-state index in [0.717, 1.165) is 6.61 Å². The molecule has 1 aromatic carbocycles. The Morgan fingerprint density at radius 3 is 2.67 bits per heavy atom. The third kappa shape index (κ3) is 1.49. The van der Waals surface area contributed by atoms with Crippen molar-refractivity contribution in [1.82, 2.24) is 5.32 Å². The summed E-state index contributed by atoms with van der Waals surface area (Å²) in [4.78, 5) is 0. The van der Waals surface area contributed by atoms with E-state index in [1.807, 2.05) is 18.2 Å². The maximum Gasteiger partial charge on any atom is 0.134 e. The molecule has 1 heterocycles. The van der Waals surface area contributed by atoms with E-state index in [1.54, 1.807) is 0 Å². The molecule has 1 N–H and O–H groups in total. The van der Waals surface area contributed by atoms with Crippen molar-refractivity contribution in [3.63, 3.8) is 0 Å². The Bertz CT molecular complexity index is 247. The van der Waals surface area contributed by atoms with Gasteiger partial charge in [-0.2, -0.15) is 0 Å². The van der Waals surface area contributed by atoms with Crippen LogP contribution < -0.4 is 5.32 Å². The Balaban J connectivity index is 2.11. The summed E-state index contributed by atoms with van der Waals surface area (Å²) in [6.07, 6.45) is 0.0983. The molecule has 64 valence electrons. The monoisotopic (exact) mass is 163 g/mol. The van der Waals surface area contributed by atoms with E-state index in [1.165, 1.54) is 5.56 Å². The van der Waals surface area contributed by atoms with Gasteiger partial charge in [0.1, 0.15) is 6.23 Å². The van der Waals surface area contributed by atoms with Crippen LogP contribution in [0.1, 0.15) is 18.7 Å². The maximum absolute atomic E-state index is 5.54. The minimum absolute atomic E-state index is 0.0983. The molecule has 1 aliphatic rings. The van der Waals surface area contributed by atoms with Gasteiger partial charge in [0.2, 0.25) is 0 Å². The molecule has 0 unspecified atom stereocenters. The summed E-state index contributed by atoms with van der Waals surface area (Å²) in [6.45, 7) is 2.93. The fourth-order valence-electron chi connectivity index (χ4n) is 1.42. The number of hydrogen-bond donors (Lipinski definition) is 1. The van der Waals surface area contributed by atoms with E-state index in [-0.39, 0.29) is 6.23 Å². The molecule has 1 saturated heterocycles. The Morgan fingerprint density at radius 2 is 2.08 bits per heavy atom. The van der Waals surface area contributed by atoms with Gasteiger partial charge in [-0.3, -0.25) is 5.32 Å². The number of rotatable bonds is 1. The lowest BCUT2D eigenvalue weighted by Gasteiger charge is -2.09. The SMILES string of the molecule is C[C@@H]1CO[C@H](c2ccccc2)N1. The molecule has 0 bridgehead atoms. The lowest BCUT2D eigenvalue weighted by molar-refractivity contribution is 0.101. The second-order valence-corrected chi connectivity index (χ2v) is 3.19. The standard InChI is InChI=1S/C10H13NO/c1-8-7-12-10(11-8)9-5-3-2-4-6-9/h2-6,8,10-11H,7H2,1H3/t8-,10-/m1/s1. The van der Waals surface area contributed by atoms with Crippen LogP contribution in [0.15, 0.2) is 30.3 Å². The molecule has 2 nitrogen and oxygen atoms in total. The molecule has 0 aliphatic carbocycles. The smallest absolute Gasteiger partial charge is 0.134 e. The van der Waals surface area contributed by atoms with Crippen LogP contribution in [0.5, 0.6) is 0 Å². The zero-order valence-corrected chi connectivity index (χ0v) is 7.16. The lowest BCUT2D eigenvalue weighted by Crippen LogP contribution is -2.22. The molecule has 2 heteroatoms. The second kappa shape index (κ2) is 3.25. The summed E-state index contributed by atoms with van der Waals surface area (Å²) in [5.74, 6) is 0. The van der Waals surface area contributed by atoms with Crippen LogP contribution in [-0.2, 0) is 4.74 Å². The van der Waals surface area contributed by atoms with Gasteiger partial charge in [0, 0.05) is 6.04 Å². The molecule has 1 fully saturated rings. The quantitative estimate of drug-likeness (QED) is 0.680. The first kappa shape index (κ1) is 7.77. The van der Waals surface area contributed by atoms with E-state index in [2.05, 4.69) is 24.4 Å². The molecular formula is C10H13NO. The highest BCUT2D eigenvalue weighted by atomic mass is 16.5. The van der Waals surface area contributed by atoms with Crippen molar-refractivity contribution in [3.05, 3.63) is 35.9 Å². The number of nitrogens with one attached hydrogen (secondary N) is 1. The average molecular weight is 163 g/mol. The molecule has 0 radical (unpaired) electrons. The highest BCUT2D eigenvalue weighted by Crippen LogP contribution is 2.19. The van der Waals surface area contributed by atoms with Crippen molar-refractivity contribution in [2.75, 3.05) is 6.61 Å². The first-order chi connectivity index (χ1) is 5.86. The van der Waals surface area contributed by atoms with Crippen molar-refractivity contribution < 1.29 is 4.74 Å². The summed E-state index contributed by atoms with van der Waals surface area (Å²) in [7, 11) is 0. The minimum atomic E-state index is 0.0983. The molecule has 0 spiro atoms. The number of hydrogen-bond acceptors (Lipinski definition) is 2. The minimum Gasteiger partial charge on any atom is -0.357 e. The molecule has 12 heavy (non-hydrogen) atoms. The van der Waals surface area contributed by atoms with Gasteiger partial charge in [0.15, 0.2) is 0 Å². The fourth-order valence-corrected chi connectivity index (χ4v) is 1.42. The van der Waals surface area contributed by atoms with Crippen molar-refractivity contribution in [1.29, 1.82) is 0 Å². The Kier molecular flexibility index (Phi) is 2.11. The maximum atomic E-state index is 5.54. The van der Waals surface area contributed by atoms with Gasteiger partial charge < -0.3 is 4.74 Å². The van der Waals surface area contributed by atoms with Gasteiger partial charge in [-0.15, -0.1) is 0 Å². The normalized spacial score (nSPS) is 29.1. The van der Waals surface area contributed by atoms with E-state index in [4.69, 9.17) is 4.74 Å². The molecule has 1 aromatic rings. The molecular weight excluding hydrogens is 150 g/mol. The molecule has 0 aromatic heterocycles. The summed E-state index contributed by atoms with van der Waals surface area (Å²) in [6, 6.07) is 10.7. The van der Waals surface area contributed by atoms with E-state index < -0.39 is 0 Å². The van der Waals surface area contributed by atoms with Crippen molar-refractivity contribution in [2.45, 2.75) is 19.2 Å². The van der Waals surface area contributed by atoms with Gasteiger partial charge in [-0.1, -0.05) is 30.3 Å². The summed E-state index contributed by atoms with van der Waals surface area (Å²) < 4.78 is 5.54. The van der Waals surface area contributed by atoms with E-state index in [9.17, 15) is 0 Å². The highest BCUT2D eigenvalue weighted by Gasteiger charge is 2.21. The van der Waals surface area contributed by atoms with E-state index >= 15 is 0 Å². The van der Waals surface area contributed by atoms with E-state index in [0.29, 0.717) is 6.04 Å². The summed E-state index contributed by atoms with van der Waals surface area (Å²) in [5, 5.41) is 3.35. The highest BCUT2D eigenvalue weighted by molar-refractivity contribution is 5.17. The Labute approximate surface area is 72.5 Å². The van der Waals surface area contributed by atoms with Gasteiger partial charge >= 0.3 is 0 Å². The second-order valence-electron chi connectivity index (χ2n) is 3.19. The largest absolute Gasteiger partial charge is 0.357 e. The van der Waals surface area contributed by atoms with Crippen LogP contribution in [0.25, 0.3) is 0 Å². The van der Waals surface area contributed by atoms with Gasteiger partial charge in [-0.05, 0) is 12.5 Å². The zero-order valence-electron chi connectivity index (χ0n) is 7.16. The topological polar surface area (TPSA) is 21.3 Å². The summed E-state index contributed by atoms with van der Waals surface area (Å²) in [5.41, 5.74) is 1.21. The van der Waals surface area contributed by atoms with Crippen molar-refractivity contribution in [3.8, 4) is 0 Å². The van der Waals surface area contributed by atoms with Crippen molar-refractivity contribution in [2.24, 2.45) is 0 Å². The molecule has 1 aliphatic heterocycles. The van der Waals surface area contributed by atoms with Crippen LogP contribution in [0.4, 0.5) is 0 Å². The fraction of sp³-hybridized carbons (Fsp3) is 0.400. The number of ether oxygens (including phenoxy) is 1. The Morgan fingerprint density at radius 1 is 1.33 bits per heavy atom. The molecule has 2 rings (SSSR count). The van der Waals surface area contributed by atoms with Crippen LogP contribution in [-0.4, -0.2) is 12.6 Å². The predicted molar refractivity (Wildman–Crippen MR) is 47.7 cm³/mol. The predicted octanol–water partition coefficient (Wildman–Crippen LogP) is 1.69. The molecule has 2 atom stereocenters. The van der Waals surface area contributed by atoms with Gasteiger partial charge in [0.05, 0.1) is 6.61 Å². The van der Waals surface area contributed by atoms with Gasteiger partial charge in [0.25, 0.3) is 0 Å². The summed E-state index contributed by atoms with van der Waals surface area (Å²) >= 11 is 0. The molecule has 0 amide bonds. The lowest BCUT2D eigenvalue weighted by atomic mass is 10.2. The molecule has 0 saturated carbocycles. The first-order valence-corrected chi connectivity index (χ1v) is 4.29. The third-order valence-corrected chi connectivity index (χ3v) is 2.05. The van der Waals surface area contributed by atoms with Crippen LogP contribution in [0.3, 0.4) is 0 Å². The third-order valence-electron chi connectivity index (χ3n) is 2.05. The van der Waals surface area contributed by atoms with Gasteiger partial charge in [-0.25, -0.2) is 0 Å². The van der Waals surface area contributed by atoms with Crippen molar-refractivity contribution >= 4 is 0 Å². The zero-order chi connectivity index (χ0) is 8.39. The Hall–Kier alpha value is -0.860. The van der Waals surface area contributed by atoms with Crippen LogP contribution in [0, 0.1) is 0 Å². The van der Waals surface area contributed by atoms with Crippen LogP contribution >= 0.6 is 0 Å². The average Bonchev–Trinajstić information content (AvgIpc) is 2.54. The first-order valence-electron chi connectivity index (χ1n) is 4.29. The number of benzene rings is 1. The van der Waals surface area contributed by atoms with Crippen LogP contribution in [0.2, 0.25) is 0 Å².